The van der Waals surface area contributed by atoms with Gasteiger partial charge in [0.2, 0.25) is 11.8 Å². The van der Waals surface area contributed by atoms with Gasteiger partial charge in [0.15, 0.2) is 0 Å². The maximum absolute atomic E-state index is 13.5. The summed E-state index contributed by atoms with van der Waals surface area (Å²) in [6.45, 7) is 6.98. The molecule has 2 atom stereocenters. The van der Waals surface area contributed by atoms with Crippen molar-refractivity contribution >= 4 is 27.7 Å². The summed E-state index contributed by atoms with van der Waals surface area (Å²) in [5.74, 6) is -1.66. The van der Waals surface area contributed by atoms with Gasteiger partial charge in [0, 0.05) is 12.6 Å². The predicted octanol–water partition coefficient (Wildman–Crippen LogP) is 2.86. The Kier molecular flexibility index (Phi) is 7.76. The van der Waals surface area contributed by atoms with Crippen molar-refractivity contribution in [3.8, 4) is 0 Å². The molecule has 182 valence electrons. The molecule has 1 aliphatic heterocycles. The summed E-state index contributed by atoms with van der Waals surface area (Å²) in [4.78, 5) is 40.7. The van der Waals surface area contributed by atoms with Crippen molar-refractivity contribution in [1.29, 1.82) is 0 Å². The molecule has 2 aromatic rings. The molecular weight excluding hydrogens is 454 g/mol. The fraction of sp³-hybridized carbons (Fsp3) is 0.400. The lowest BCUT2D eigenvalue weighted by Gasteiger charge is -2.32. The Bertz CT molecular complexity index is 1190. The zero-order valence-corrected chi connectivity index (χ0v) is 20.8. The maximum atomic E-state index is 13.5. The Morgan fingerprint density at radius 1 is 1.03 bits per heavy atom. The molecule has 0 saturated heterocycles. The van der Waals surface area contributed by atoms with Crippen LogP contribution in [0.2, 0.25) is 0 Å². The van der Waals surface area contributed by atoms with Crippen molar-refractivity contribution in [2.45, 2.75) is 64.1 Å². The number of sulfonamides is 1. The number of amides is 3. The first-order valence-electron chi connectivity index (χ1n) is 11.4. The third-order valence-corrected chi connectivity index (χ3v) is 7.97. The summed E-state index contributed by atoms with van der Waals surface area (Å²) in [5.41, 5.74) is 1.82. The van der Waals surface area contributed by atoms with Gasteiger partial charge in [0.05, 0.1) is 5.56 Å². The molecular formula is C25H31N3O5S. The Morgan fingerprint density at radius 3 is 2.29 bits per heavy atom. The van der Waals surface area contributed by atoms with Crippen molar-refractivity contribution in [3.05, 3.63) is 65.2 Å². The molecule has 0 radical (unpaired) electrons. The van der Waals surface area contributed by atoms with E-state index in [-0.39, 0.29) is 29.0 Å². The van der Waals surface area contributed by atoms with Gasteiger partial charge in [-0.25, -0.2) is 12.7 Å². The highest BCUT2D eigenvalue weighted by Crippen LogP contribution is 2.30. The van der Waals surface area contributed by atoms with E-state index in [9.17, 15) is 22.8 Å². The lowest BCUT2D eigenvalue weighted by atomic mass is 10.1. The Balaban J connectivity index is 1.94. The number of benzene rings is 2. The van der Waals surface area contributed by atoms with Gasteiger partial charge in [-0.05, 0) is 49.9 Å². The number of hydrogen-bond donors (Lipinski definition) is 1. The molecule has 9 heteroatoms. The number of hydrogen-bond acceptors (Lipinski definition) is 5. The highest BCUT2D eigenvalue weighted by molar-refractivity contribution is 7.90. The highest BCUT2D eigenvalue weighted by atomic mass is 32.2. The molecule has 0 saturated carbocycles. The zero-order valence-electron chi connectivity index (χ0n) is 19.9. The van der Waals surface area contributed by atoms with Crippen LogP contribution in [0.4, 0.5) is 0 Å². The van der Waals surface area contributed by atoms with Crippen LogP contribution in [0.15, 0.2) is 53.4 Å². The number of nitrogens with one attached hydrogen (secondary N) is 1. The zero-order chi connectivity index (χ0) is 25.0. The third kappa shape index (κ3) is 4.99. The quantitative estimate of drug-likeness (QED) is 0.588. The van der Waals surface area contributed by atoms with Gasteiger partial charge in [0.1, 0.15) is 17.5 Å². The molecule has 0 fully saturated rings. The Labute approximate surface area is 201 Å². The minimum Gasteiger partial charge on any atom is -0.352 e. The number of nitrogens with zero attached hydrogens (tertiary/aromatic N) is 2. The second kappa shape index (κ2) is 10.4. The molecule has 0 spiro atoms. The van der Waals surface area contributed by atoms with Crippen LogP contribution in [0.5, 0.6) is 0 Å². The van der Waals surface area contributed by atoms with Crippen molar-refractivity contribution in [1.82, 2.24) is 14.5 Å². The SMILES string of the molecule is CC[C@H](C(=O)N[C@@H](C)CC)N(Cc1ccccc1C)C(=O)CN1C(=O)c2ccccc2S1(=O)=O. The van der Waals surface area contributed by atoms with Crippen LogP contribution in [0, 0.1) is 6.92 Å². The molecule has 0 bridgehead atoms. The van der Waals surface area contributed by atoms with E-state index in [2.05, 4.69) is 5.32 Å². The molecule has 3 rings (SSSR count). The van der Waals surface area contributed by atoms with E-state index >= 15 is 0 Å². The van der Waals surface area contributed by atoms with E-state index in [0.717, 1.165) is 17.5 Å². The highest BCUT2D eigenvalue weighted by Gasteiger charge is 2.43. The van der Waals surface area contributed by atoms with Gasteiger partial charge >= 0.3 is 0 Å². The average Bonchev–Trinajstić information content (AvgIpc) is 3.00. The summed E-state index contributed by atoms with van der Waals surface area (Å²) in [6, 6.07) is 12.5. The Hall–Kier alpha value is -3.20. The summed E-state index contributed by atoms with van der Waals surface area (Å²) in [5, 5.41) is 2.92. The van der Waals surface area contributed by atoms with Gasteiger partial charge < -0.3 is 10.2 Å². The number of fused-ring (bicyclic) bond motifs is 1. The van der Waals surface area contributed by atoms with E-state index in [1.165, 1.54) is 23.1 Å². The second-order valence-corrected chi connectivity index (χ2v) is 10.3. The minimum absolute atomic E-state index is 0.0438. The smallest absolute Gasteiger partial charge is 0.269 e. The van der Waals surface area contributed by atoms with Gasteiger partial charge in [-0.1, -0.05) is 50.2 Å². The van der Waals surface area contributed by atoms with E-state index in [4.69, 9.17) is 0 Å². The largest absolute Gasteiger partial charge is 0.352 e. The molecule has 1 aliphatic rings. The van der Waals surface area contributed by atoms with Crippen molar-refractivity contribution in [3.63, 3.8) is 0 Å². The molecule has 8 nitrogen and oxygen atoms in total. The molecule has 2 aromatic carbocycles. The van der Waals surface area contributed by atoms with Gasteiger partial charge in [0.25, 0.3) is 15.9 Å². The van der Waals surface area contributed by atoms with E-state index < -0.39 is 34.4 Å². The van der Waals surface area contributed by atoms with Crippen LogP contribution >= 0.6 is 0 Å². The van der Waals surface area contributed by atoms with Crippen LogP contribution in [-0.2, 0) is 26.2 Å². The van der Waals surface area contributed by atoms with Crippen LogP contribution in [-0.4, -0.2) is 54.0 Å². The molecule has 0 aliphatic carbocycles. The standard InChI is InChI=1S/C25H31N3O5S/c1-5-18(4)26-24(30)21(6-2)27(15-19-12-8-7-11-17(19)3)23(29)16-28-25(31)20-13-9-10-14-22(20)34(28,32)33/h7-14,18,21H,5-6,15-16H2,1-4H3,(H,26,30)/t18-,21+/m0/s1. The fourth-order valence-corrected chi connectivity index (χ4v) is 5.45. The van der Waals surface area contributed by atoms with Crippen LogP contribution in [0.25, 0.3) is 0 Å². The van der Waals surface area contributed by atoms with Crippen LogP contribution in [0.1, 0.15) is 55.1 Å². The lowest BCUT2D eigenvalue weighted by Crippen LogP contribution is -2.53. The number of carbonyl (C=O) groups is 3. The third-order valence-electron chi connectivity index (χ3n) is 6.18. The van der Waals surface area contributed by atoms with E-state index in [1.54, 1.807) is 13.0 Å². The molecule has 1 heterocycles. The average molecular weight is 486 g/mol. The van der Waals surface area contributed by atoms with E-state index in [0.29, 0.717) is 10.7 Å². The monoisotopic (exact) mass is 485 g/mol. The number of aryl methyl sites for hydroxylation is 1. The molecule has 0 unspecified atom stereocenters. The van der Waals surface area contributed by atoms with Crippen molar-refractivity contribution < 1.29 is 22.8 Å². The Morgan fingerprint density at radius 2 is 1.68 bits per heavy atom. The molecule has 0 aromatic heterocycles. The number of carbonyl (C=O) groups excluding carboxylic acids is 3. The first-order chi connectivity index (χ1) is 16.1. The topological polar surface area (TPSA) is 104 Å². The molecule has 1 N–H and O–H groups in total. The summed E-state index contributed by atoms with van der Waals surface area (Å²) in [6.07, 6.45) is 1.06. The fourth-order valence-electron chi connectivity index (χ4n) is 3.93. The predicted molar refractivity (Wildman–Crippen MR) is 128 cm³/mol. The summed E-state index contributed by atoms with van der Waals surface area (Å²) < 4.78 is 26.6. The lowest BCUT2D eigenvalue weighted by molar-refractivity contribution is -0.141. The minimum atomic E-state index is -4.15. The second-order valence-electron chi connectivity index (χ2n) is 8.50. The van der Waals surface area contributed by atoms with Crippen LogP contribution < -0.4 is 5.32 Å². The summed E-state index contributed by atoms with van der Waals surface area (Å²) in [7, 11) is -4.15. The van der Waals surface area contributed by atoms with E-state index in [1.807, 2.05) is 45.0 Å². The van der Waals surface area contributed by atoms with Gasteiger partial charge in [-0.3, -0.25) is 14.4 Å². The normalized spacial score (nSPS) is 16.0. The maximum Gasteiger partial charge on any atom is 0.269 e. The summed E-state index contributed by atoms with van der Waals surface area (Å²) >= 11 is 0. The first-order valence-corrected chi connectivity index (χ1v) is 12.9. The van der Waals surface area contributed by atoms with Crippen LogP contribution in [0.3, 0.4) is 0 Å². The molecule has 34 heavy (non-hydrogen) atoms. The van der Waals surface area contributed by atoms with Gasteiger partial charge in [-0.15, -0.1) is 0 Å². The van der Waals surface area contributed by atoms with Crippen molar-refractivity contribution in [2.24, 2.45) is 0 Å². The molecule has 3 amide bonds. The van der Waals surface area contributed by atoms with Gasteiger partial charge in [-0.2, -0.15) is 0 Å². The van der Waals surface area contributed by atoms with Crippen molar-refractivity contribution in [2.75, 3.05) is 6.54 Å². The number of rotatable bonds is 9. The first kappa shape index (κ1) is 25.4.